The number of hydrogen-bond donors (Lipinski definition) is 2. The highest BCUT2D eigenvalue weighted by atomic mass is 35.5. The Hall–Kier alpha value is -0.700. The fourth-order valence-corrected chi connectivity index (χ4v) is 3.18. The summed E-state index contributed by atoms with van der Waals surface area (Å²) in [7, 11) is -2.11. The molecule has 0 aliphatic carbocycles. The molecule has 0 unspecified atom stereocenters. The minimum Gasteiger partial charge on any atom is -0.392 e. The third-order valence-electron chi connectivity index (χ3n) is 2.66. The molecule has 0 heterocycles. The number of halogens is 1. The molecule has 0 amide bonds. The van der Waals surface area contributed by atoms with Crippen molar-refractivity contribution in [1.29, 1.82) is 0 Å². The van der Waals surface area contributed by atoms with Crippen LogP contribution in [0.4, 0.5) is 0 Å². The van der Waals surface area contributed by atoms with E-state index >= 15 is 0 Å². The highest BCUT2D eigenvalue weighted by Crippen LogP contribution is 2.22. The van der Waals surface area contributed by atoms with Crippen LogP contribution >= 0.6 is 11.6 Å². The molecule has 0 bridgehead atoms. The van der Waals surface area contributed by atoms with Crippen LogP contribution in [0.1, 0.15) is 12.0 Å². The third kappa shape index (κ3) is 6.29. The number of aliphatic hydroxyl groups is 1. The smallest absolute Gasteiger partial charge is 0.242 e. The molecule has 2 N–H and O–H groups in total. The van der Waals surface area contributed by atoms with Gasteiger partial charge < -0.3 is 14.6 Å². The molecule has 1 rings (SSSR count). The zero-order chi connectivity index (χ0) is 15.7. The van der Waals surface area contributed by atoms with Crippen LogP contribution < -0.4 is 4.72 Å². The van der Waals surface area contributed by atoms with Crippen LogP contribution in [-0.4, -0.2) is 47.0 Å². The fourth-order valence-electron chi connectivity index (χ4n) is 1.55. The van der Waals surface area contributed by atoms with E-state index in [0.717, 1.165) is 0 Å². The van der Waals surface area contributed by atoms with E-state index in [1.54, 1.807) is 13.2 Å². The van der Waals surface area contributed by atoms with Gasteiger partial charge in [0, 0.05) is 20.3 Å². The molecule has 6 nitrogen and oxygen atoms in total. The van der Waals surface area contributed by atoms with Gasteiger partial charge in [-0.1, -0.05) is 17.7 Å². The Bertz CT molecular complexity index is 535. The predicted octanol–water partition coefficient (Wildman–Crippen LogP) is 1.16. The molecular formula is C13H20ClNO5S. The second-order valence-corrected chi connectivity index (χ2v) is 6.42. The summed E-state index contributed by atoms with van der Waals surface area (Å²) in [6.07, 6.45) is 0.542. The van der Waals surface area contributed by atoms with Gasteiger partial charge in [-0.15, -0.1) is 0 Å². The van der Waals surface area contributed by atoms with Crippen LogP contribution in [0.15, 0.2) is 23.1 Å². The second-order valence-electron chi connectivity index (χ2n) is 4.28. The number of nitrogens with one attached hydrogen (secondary N) is 1. The molecule has 0 aliphatic rings. The molecule has 0 spiro atoms. The predicted molar refractivity (Wildman–Crippen MR) is 79.9 cm³/mol. The van der Waals surface area contributed by atoms with E-state index in [4.69, 9.17) is 26.2 Å². The van der Waals surface area contributed by atoms with Gasteiger partial charge in [0.1, 0.15) is 4.90 Å². The molecule has 1 aromatic carbocycles. The van der Waals surface area contributed by atoms with Crippen molar-refractivity contribution >= 4 is 21.6 Å². The first-order valence-corrected chi connectivity index (χ1v) is 8.33. The van der Waals surface area contributed by atoms with Gasteiger partial charge in [0.2, 0.25) is 10.0 Å². The summed E-state index contributed by atoms with van der Waals surface area (Å²) >= 11 is 5.90. The topological polar surface area (TPSA) is 84.9 Å². The summed E-state index contributed by atoms with van der Waals surface area (Å²) in [6.45, 7) is 1.43. The molecule has 0 aliphatic heterocycles. The van der Waals surface area contributed by atoms with Crippen LogP contribution in [-0.2, 0) is 26.1 Å². The first kappa shape index (κ1) is 18.3. The Kier molecular flexibility index (Phi) is 8.16. The average molecular weight is 338 g/mol. The van der Waals surface area contributed by atoms with E-state index in [9.17, 15) is 8.42 Å². The Labute approximate surface area is 130 Å². The number of benzene rings is 1. The van der Waals surface area contributed by atoms with Gasteiger partial charge in [-0.25, -0.2) is 13.1 Å². The quantitative estimate of drug-likeness (QED) is 0.626. The standard InChI is InChI=1S/C13H20ClNO5S/c1-19-7-8-20-6-2-5-15-21(17,18)13-9-11(10-16)3-4-12(13)14/h3-4,9,15-16H,2,5-8,10H2,1H3. The van der Waals surface area contributed by atoms with Crippen LogP contribution in [0.2, 0.25) is 5.02 Å². The van der Waals surface area contributed by atoms with Crippen LogP contribution in [0.5, 0.6) is 0 Å². The van der Waals surface area contributed by atoms with E-state index in [0.29, 0.717) is 31.8 Å². The Morgan fingerprint density at radius 3 is 2.71 bits per heavy atom. The van der Waals surface area contributed by atoms with Gasteiger partial charge in [-0.3, -0.25) is 0 Å². The maximum atomic E-state index is 12.1. The van der Waals surface area contributed by atoms with Crippen molar-refractivity contribution in [3.63, 3.8) is 0 Å². The van der Waals surface area contributed by atoms with E-state index < -0.39 is 10.0 Å². The second kappa shape index (κ2) is 9.34. The Balaban J connectivity index is 2.50. The maximum absolute atomic E-state index is 12.1. The summed E-state index contributed by atoms with van der Waals surface area (Å²) in [5.41, 5.74) is 0.489. The van der Waals surface area contributed by atoms with Crippen molar-refractivity contribution in [3.8, 4) is 0 Å². The number of hydrogen-bond acceptors (Lipinski definition) is 5. The van der Waals surface area contributed by atoms with E-state index in [2.05, 4.69) is 4.72 Å². The zero-order valence-electron chi connectivity index (χ0n) is 11.8. The van der Waals surface area contributed by atoms with Crippen molar-refractivity contribution in [2.24, 2.45) is 0 Å². The average Bonchev–Trinajstić information content (AvgIpc) is 2.46. The number of sulfonamides is 1. The lowest BCUT2D eigenvalue weighted by molar-refractivity contribution is 0.0699. The van der Waals surface area contributed by atoms with Gasteiger partial charge in [0.05, 0.1) is 24.8 Å². The third-order valence-corrected chi connectivity index (χ3v) is 4.60. The van der Waals surface area contributed by atoms with Gasteiger partial charge in [-0.05, 0) is 24.1 Å². The minimum absolute atomic E-state index is 0.0315. The summed E-state index contributed by atoms with van der Waals surface area (Å²) in [5, 5.41) is 9.17. The molecule has 1 aromatic rings. The van der Waals surface area contributed by atoms with E-state index in [-0.39, 0.29) is 23.1 Å². The van der Waals surface area contributed by atoms with Crippen molar-refractivity contribution in [1.82, 2.24) is 4.72 Å². The minimum atomic E-state index is -3.69. The van der Waals surface area contributed by atoms with E-state index in [1.807, 2.05) is 0 Å². The molecule has 0 saturated carbocycles. The molecular weight excluding hydrogens is 318 g/mol. The number of aliphatic hydroxyl groups excluding tert-OH is 1. The van der Waals surface area contributed by atoms with Gasteiger partial charge >= 0.3 is 0 Å². The lowest BCUT2D eigenvalue weighted by Gasteiger charge is -2.10. The zero-order valence-corrected chi connectivity index (χ0v) is 13.4. The highest BCUT2D eigenvalue weighted by molar-refractivity contribution is 7.89. The first-order valence-electron chi connectivity index (χ1n) is 6.47. The van der Waals surface area contributed by atoms with E-state index in [1.165, 1.54) is 12.1 Å². The van der Waals surface area contributed by atoms with Crippen molar-refractivity contribution in [2.75, 3.05) is 33.5 Å². The monoisotopic (exact) mass is 337 g/mol. The summed E-state index contributed by atoms with van der Waals surface area (Å²) in [4.78, 5) is -0.0315. The molecule has 120 valence electrons. The normalized spacial score (nSPS) is 11.8. The molecule has 0 fully saturated rings. The first-order chi connectivity index (χ1) is 10.0. The Morgan fingerprint density at radius 2 is 2.05 bits per heavy atom. The number of rotatable bonds is 10. The lowest BCUT2D eigenvalue weighted by Crippen LogP contribution is -2.26. The number of ether oxygens (including phenoxy) is 2. The largest absolute Gasteiger partial charge is 0.392 e. The summed E-state index contributed by atoms with van der Waals surface area (Å²) < 4.78 is 36.7. The van der Waals surface area contributed by atoms with Crippen LogP contribution in [0.25, 0.3) is 0 Å². The molecule has 8 heteroatoms. The molecule has 0 atom stereocenters. The van der Waals surface area contributed by atoms with Crippen molar-refractivity contribution in [3.05, 3.63) is 28.8 Å². The summed E-state index contributed by atoms with van der Waals surface area (Å²) in [6, 6.07) is 4.39. The maximum Gasteiger partial charge on any atom is 0.242 e. The SMILES string of the molecule is COCCOCCCNS(=O)(=O)c1cc(CO)ccc1Cl. The van der Waals surface area contributed by atoms with Gasteiger partial charge in [0.25, 0.3) is 0 Å². The van der Waals surface area contributed by atoms with Gasteiger partial charge in [-0.2, -0.15) is 0 Å². The van der Waals surface area contributed by atoms with Crippen molar-refractivity contribution < 1.29 is 23.0 Å². The summed E-state index contributed by atoms with van der Waals surface area (Å²) in [5.74, 6) is 0. The Morgan fingerprint density at radius 1 is 1.29 bits per heavy atom. The molecule has 0 saturated heterocycles. The van der Waals surface area contributed by atoms with Gasteiger partial charge in [0.15, 0.2) is 0 Å². The fraction of sp³-hybridized carbons (Fsp3) is 0.538. The van der Waals surface area contributed by atoms with Crippen molar-refractivity contribution in [2.45, 2.75) is 17.9 Å². The lowest BCUT2D eigenvalue weighted by atomic mass is 10.2. The molecule has 0 aromatic heterocycles. The van der Waals surface area contributed by atoms with Crippen LogP contribution in [0, 0.1) is 0 Å². The molecule has 21 heavy (non-hydrogen) atoms. The highest BCUT2D eigenvalue weighted by Gasteiger charge is 2.17. The number of methoxy groups -OCH3 is 1. The van der Waals surface area contributed by atoms with Crippen LogP contribution in [0.3, 0.4) is 0 Å². The molecule has 0 radical (unpaired) electrons.